The molecule has 1 amide bonds. The minimum Gasteiger partial charge on any atom is -0.462 e. The number of carbonyl (C=O) groups excluding carboxylic acids is 3. The number of amides is 1. The van der Waals surface area contributed by atoms with Gasteiger partial charge in [0, 0.05) is 18.5 Å². The fraction of sp³-hybridized carbons (Fsp3) is 0.724. The summed E-state index contributed by atoms with van der Waals surface area (Å²) in [5.74, 6) is -1.32. The van der Waals surface area contributed by atoms with Gasteiger partial charge in [0.1, 0.15) is 18.5 Å². The first-order valence-corrected chi connectivity index (χ1v) is 14.6. The van der Waals surface area contributed by atoms with Crippen molar-refractivity contribution in [3.63, 3.8) is 0 Å². The molecule has 0 aromatic carbocycles. The van der Waals surface area contributed by atoms with Crippen molar-refractivity contribution in [3.8, 4) is 6.01 Å². The quantitative estimate of drug-likeness (QED) is 0.388. The maximum Gasteiger partial charge on any atom is 0.354 e. The minimum absolute atomic E-state index is 0.0352. The molecule has 1 saturated carbocycles. The third kappa shape index (κ3) is 5.51. The van der Waals surface area contributed by atoms with E-state index in [0.29, 0.717) is 18.1 Å². The van der Waals surface area contributed by atoms with Crippen LogP contribution in [0.5, 0.6) is 6.01 Å². The number of ether oxygens (including phenoxy) is 2. The van der Waals surface area contributed by atoms with Gasteiger partial charge in [-0.2, -0.15) is 14.6 Å². The number of fused-ring (bicyclic) bond motifs is 5. The third-order valence-electron chi connectivity index (χ3n) is 9.06. The zero-order valence-corrected chi connectivity index (χ0v) is 24.0. The van der Waals surface area contributed by atoms with Gasteiger partial charge in [-0.15, -0.1) is 0 Å². The van der Waals surface area contributed by atoms with Crippen LogP contribution in [0.3, 0.4) is 0 Å². The second-order valence-corrected chi connectivity index (χ2v) is 12.8. The summed E-state index contributed by atoms with van der Waals surface area (Å²) in [7, 11) is 0. The number of esters is 1. The highest BCUT2D eigenvalue weighted by molar-refractivity contribution is 5.87. The number of nitrogens with zero attached hydrogens (tertiary/aromatic N) is 5. The van der Waals surface area contributed by atoms with Crippen molar-refractivity contribution >= 4 is 23.8 Å². The summed E-state index contributed by atoms with van der Waals surface area (Å²) < 4.78 is 15.1. The van der Waals surface area contributed by atoms with Gasteiger partial charge in [-0.3, -0.25) is 9.59 Å². The molecule has 5 rings (SSSR count). The van der Waals surface area contributed by atoms with E-state index in [-0.39, 0.29) is 48.6 Å². The molecule has 218 valence electrons. The molecule has 11 nitrogen and oxygen atoms in total. The Morgan fingerprint density at radius 2 is 1.77 bits per heavy atom. The number of aromatic nitrogens is 4. The topological polar surface area (TPSA) is 125 Å². The first-order valence-electron chi connectivity index (χ1n) is 14.6. The fourth-order valence-electron chi connectivity index (χ4n) is 6.55. The molecule has 2 aliphatic heterocycles. The number of hydrogen-bond acceptors (Lipinski definition) is 8. The van der Waals surface area contributed by atoms with Crippen LogP contribution in [0.2, 0.25) is 0 Å². The molecule has 0 radical (unpaired) electrons. The van der Waals surface area contributed by atoms with Gasteiger partial charge in [0.05, 0.1) is 31.1 Å². The van der Waals surface area contributed by atoms with Gasteiger partial charge in [0.25, 0.3) is 0 Å². The van der Waals surface area contributed by atoms with Crippen molar-refractivity contribution in [3.05, 3.63) is 22.7 Å². The summed E-state index contributed by atoms with van der Waals surface area (Å²) in [6.07, 6.45) is 8.01. The second-order valence-electron chi connectivity index (χ2n) is 12.8. The van der Waals surface area contributed by atoms with Crippen molar-refractivity contribution in [2.24, 2.45) is 23.2 Å². The second kappa shape index (κ2) is 11.3. The van der Waals surface area contributed by atoms with E-state index in [1.54, 1.807) is 6.07 Å². The first kappa shape index (κ1) is 28.3. The Bertz CT molecular complexity index is 1310. The van der Waals surface area contributed by atoms with E-state index in [4.69, 9.17) is 9.47 Å². The Balaban J connectivity index is 1.51. The lowest BCUT2D eigenvalue weighted by atomic mass is 9.77. The molecule has 6 atom stereocenters. The smallest absolute Gasteiger partial charge is 0.354 e. The van der Waals surface area contributed by atoms with Gasteiger partial charge < -0.3 is 19.2 Å². The molecule has 11 heteroatoms. The van der Waals surface area contributed by atoms with E-state index in [9.17, 15) is 19.2 Å². The van der Waals surface area contributed by atoms with E-state index in [2.05, 4.69) is 10.1 Å². The van der Waals surface area contributed by atoms with Crippen LogP contribution in [0.1, 0.15) is 79.1 Å². The van der Waals surface area contributed by atoms with Crippen LogP contribution in [0.15, 0.2) is 17.1 Å². The summed E-state index contributed by atoms with van der Waals surface area (Å²) >= 11 is 0. The summed E-state index contributed by atoms with van der Waals surface area (Å²) in [5.41, 5.74) is -0.487. The summed E-state index contributed by atoms with van der Waals surface area (Å²) in [5, 5.41) is 4.12. The maximum atomic E-state index is 14.0. The lowest BCUT2D eigenvalue weighted by molar-refractivity contribution is -0.157. The fourth-order valence-corrected chi connectivity index (χ4v) is 6.55. The van der Waals surface area contributed by atoms with Crippen LogP contribution in [-0.2, 0) is 25.7 Å². The normalized spacial score (nSPS) is 30.6. The van der Waals surface area contributed by atoms with Crippen molar-refractivity contribution in [2.45, 2.75) is 104 Å². The van der Waals surface area contributed by atoms with E-state index in [0.717, 1.165) is 51.2 Å². The van der Waals surface area contributed by atoms with Gasteiger partial charge in [-0.05, 0) is 43.4 Å². The van der Waals surface area contributed by atoms with Crippen molar-refractivity contribution in [1.82, 2.24) is 24.1 Å². The van der Waals surface area contributed by atoms with E-state index in [1.807, 2.05) is 27.7 Å². The van der Waals surface area contributed by atoms with Crippen molar-refractivity contribution in [2.75, 3.05) is 6.54 Å². The summed E-state index contributed by atoms with van der Waals surface area (Å²) in [6, 6.07) is 1.09. The molecule has 3 aliphatic rings. The highest BCUT2D eigenvalue weighted by Crippen LogP contribution is 2.37. The molecule has 0 N–H and O–H groups in total. The van der Waals surface area contributed by atoms with Crippen LogP contribution in [-0.4, -0.2) is 67.0 Å². The molecule has 2 aromatic heterocycles. The average Bonchev–Trinajstić information content (AvgIpc) is 3.62. The Morgan fingerprint density at radius 3 is 2.52 bits per heavy atom. The Morgan fingerprint density at radius 1 is 1.00 bits per heavy atom. The molecular weight excluding hydrogens is 514 g/mol. The largest absolute Gasteiger partial charge is 0.462 e. The summed E-state index contributed by atoms with van der Waals surface area (Å²) in [6.45, 7) is 8.21. The molecule has 1 aliphatic carbocycles. The monoisotopic (exact) mass is 555 g/mol. The van der Waals surface area contributed by atoms with Gasteiger partial charge in [-0.25, -0.2) is 9.36 Å². The standard InChI is InChI=1S/C29H41N5O6/c1-18-21(17-35)33-16-23(18)40-27-31-24-12-13-30-34(24)28(38)32(27)14-7-5-6-9-19-10-8-11-22(19)39-25(36)15-20(26(33)37)29(2,3)4/h12-13,17-23H,5-11,14-16H2,1-4H3/t18-,19+,20+,21+,22+,23-/m0/s1. The predicted octanol–water partition coefficient (Wildman–Crippen LogP) is 3.02. The Kier molecular flexibility index (Phi) is 8.01. The third-order valence-corrected chi connectivity index (χ3v) is 9.06. The molecule has 4 heterocycles. The average molecular weight is 556 g/mol. The van der Waals surface area contributed by atoms with Crippen LogP contribution in [0, 0.1) is 23.2 Å². The van der Waals surface area contributed by atoms with Crippen LogP contribution in [0.4, 0.5) is 0 Å². The van der Waals surface area contributed by atoms with Gasteiger partial charge in [-0.1, -0.05) is 40.5 Å². The highest BCUT2D eigenvalue weighted by Gasteiger charge is 2.47. The van der Waals surface area contributed by atoms with E-state index in [1.165, 1.54) is 20.2 Å². The molecule has 2 aromatic rings. The lowest BCUT2D eigenvalue weighted by Gasteiger charge is -2.34. The SMILES string of the molecule is C[C@@H]1[C@@H]2CN(C(=O)[C@H](C(C)(C)C)CC(=O)O[C@@H]3CCC[C@H]3CCCCCn3c(nc4ccnn4c3=O)O2)[C@@H]1C=O. The molecular formula is C29H41N5O6. The summed E-state index contributed by atoms with van der Waals surface area (Å²) in [4.78, 5) is 58.9. The van der Waals surface area contributed by atoms with Crippen LogP contribution >= 0.6 is 0 Å². The number of rotatable bonds is 1. The van der Waals surface area contributed by atoms with Gasteiger partial charge in [0.2, 0.25) is 5.91 Å². The van der Waals surface area contributed by atoms with E-state index >= 15 is 0 Å². The van der Waals surface area contributed by atoms with Crippen molar-refractivity contribution < 1.29 is 23.9 Å². The predicted molar refractivity (Wildman–Crippen MR) is 146 cm³/mol. The first-order chi connectivity index (χ1) is 19.1. The molecule has 0 spiro atoms. The van der Waals surface area contributed by atoms with E-state index < -0.39 is 23.5 Å². The Hall–Kier alpha value is -3.24. The molecule has 1 saturated heterocycles. The van der Waals surface area contributed by atoms with Crippen molar-refractivity contribution in [1.29, 1.82) is 0 Å². The zero-order chi connectivity index (χ0) is 28.6. The Labute approximate surface area is 234 Å². The number of aldehydes is 1. The lowest BCUT2D eigenvalue weighted by Crippen LogP contribution is -2.46. The van der Waals surface area contributed by atoms with Gasteiger partial charge in [0.15, 0.2) is 5.65 Å². The molecule has 2 bridgehead atoms. The maximum absolute atomic E-state index is 14.0. The van der Waals surface area contributed by atoms with Crippen LogP contribution < -0.4 is 10.4 Å². The zero-order valence-electron chi connectivity index (χ0n) is 24.0. The molecule has 2 fully saturated rings. The number of carbonyl (C=O) groups is 3. The number of hydrogen-bond donors (Lipinski definition) is 0. The van der Waals surface area contributed by atoms with Gasteiger partial charge >= 0.3 is 17.7 Å². The van der Waals surface area contributed by atoms with Crippen LogP contribution in [0.25, 0.3) is 5.65 Å². The molecule has 0 unspecified atom stereocenters. The highest BCUT2D eigenvalue weighted by atomic mass is 16.5. The minimum atomic E-state index is -0.724. The molecule has 40 heavy (non-hydrogen) atoms.